The van der Waals surface area contributed by atoms with E-state index in [4.69, 9.17) is 9.47 Å². The zero-order valence-electron chi connectivity index (χ0n) is 16.9. The first kappa shape index (κ1) is 19.2. The molecular formula is C22H32O6. The molecule has 5 aliphatic rings. The van der Waals surface area contributed by atoms with E-state index in [1.54, 1.807) is 7.11 Å². The lowest BCUT2D eigenvalue weighted by atomic mass is 9.42. The summed E-state index contributed by atoms with van der Waals surface area (Å²) < 4.78 is 12.6. The van der Waals surface area contributed by atoms with E-state index in [2.05, 4.69) is 6.92 Å². The van der Waals surface area contributed by atoms with Crippen LogP contribution in [0.2, 0.25) is 0 Å². The van der Waals surface area contributed by atoms with Crippen molar-refractivity contribution < 1.29 is 29.3 Å². The number of hydrogen-bond donors (Lipinski definition) is 2. The molecule has 1 aliphatic heterocycles. The third kappa shape index (κ3) is 1.98. The number of ketones is 2. The second kappa shape index (κ2) is 5.87. The number of fused-ring (bicyclic) bond motifs is 1. The second-order valence-corrected chi connectivity index (χ2v) is 10.3. The number of carbonyl (C=O) groups is 2. The van der Waals surface area contributed by atoms with E-state index in [1.807, 2.05) is 0 Å². The number of hydrogen-bond acceptors (Lipinski definition) is 6. The van der Waals surface area contributed by atoms with Crippen molar-refractivity contribution >= 4 is 11.6 Å². The van der Waals surface area contributed by atoms with Crippen molar-refractivity contribution in [2.24, 2.45) is 28.6 Å². The van der Waals surface area contributed by atoms with Crippen LogP contribution in [0.15, 0.2) is 0 Å². The van der Waals surface area contributed by atoms with Gasteiger partial charge in [-0.1, -0.05) is 6.92 Å². The first-order valence-electron chi connectivity index (χ1n) is 10.9. The van der Waals surface area contributed by atoms with Gasteiger partial charge in [-0.2, -0.15) is 0 Å². The van der Waals surface area contributed by atoms with Gasteiger partial charge in [0.15, 0.2) is 12.1 Å². The Morgan fingerprint density at radius 3 is 2.68 bits per heavy atom. The fourth-order valence-corrected chi connectivity index (χ4v) is 8.68. The van der Waals surface area contributed by atoms with Gasteiger partial charge in [0.25, 0.3) is 0 Å². The van der Waals surface area contributed by atoms with Gasteiger partial charge in [0.05, 0.1) is 16.6 Å². The summed E-state index contributed by atoms with van der Waals surface area (Å²) in [6.45, 7) is 1.81. The van der Waals surface area contributed by atoms with E-state index in [0.717, 1.165) is 25.7 Å². The molecule has 6 heteroatoms. The molecule has 2 bridgehead atoms. The molecule has 1 spiro atoms. The van der Waals surface area contributed by atoms with Gasteiger partial charge in [0, 0.05) is 31.8 Å². The average molecular weight is 392 g/mol. The molecule has 5 fully saturated rings. The van der Waals surface area contributed by atoms with E-state index in [1.165, 1.54) is 0 Å². The summed E-state index contributed by atoms with van der Waals surface area (Å²) in [7, 11) is 1.64. The molecule has 1 heterocycles. The monoisotopic (exact) mass is 392 g/mol. The van der Waals surface area contributed by atoms with Crippen molar-refractivity contribution in [1.29, 1.82) is 0 Å². The number of rotatable bonds is 3. The molecule has 0 radical (unpaired) electrons. The Morgan fingerprint density at radius 2 is 1.96 bits per heavy atom. The first-order valence-corrected chi connectivity index (χ1v) is 10.9. The van der Waals surface area contributed by atoms with E-state index in [9.17, 15) is 19.8 Å². The minimum Gasteiger partial charge on any atom is -0.389 e. The van der Waals surface area contributed by atoms with Crippen molar-refractivity contribution in [3.63, 3.8) is 0 Å². The zero-order valence-corrected chi connectivity index (χ0v) is 16.9. The van der Waals surface area contributed by atoms with Gasteiger partial charge in [-0.15, -0.1) is 0 Å². The molecule has 8 atom stereocenters. The zero-order chi connectivity index (χ0) is 19.9. The van der Waals surface area contributed by atoms with E-state index >= 15 is 0 Å². The average Bonchev–Trinajstić information content (AvgIpc) is 3.13. The van der Waals surface area contributed by atoms with Gasteiger partial charge in [-0.05, 0) is 56.3 Å². The number of aliphatic hydroxyl groups excluding tert-OH is 1. The molecule has 4 aliphatic carbocycles. The highest BCUT2D eigenvalue weighted by molar-refractivity contribution is 5.83. The van der Waals surface area contributed by atoms with Crippen LogP contribution in [0, 0.1) is 28.6 Å². The largest absolute Gasteiger partial charge is 0.389 e. The third-order valence-corrected chi connectivity index (χ3v) is 9.72. The lowest BCUT2D eigenvalue weighted by Gasteiger charge is -2.62. The highest BCUT2D eigenvalue weighted by Crippen LogP contribution is 2.75. The second-order valence-electron chi connectivity index (χ2n) is 10.3. The lowest BCUT2D eigenvalue weighted by molar-refractivity contribution is -0.225. The molecule has 0 aromatic rings. The standard InChI is InChI=1S/C22H32O6/c1-19-7-6-17-21-8-5-13(24)11-20(21,26)9-10-22(17,28-18(21)27-2)16(19)4-3-14(19)15(25)12-23/h14,16-18,23,26H,3-12H2,1-2H3/t14-,16-,17-,18+,19-,20+,21-,22-/m1/s1. The highest BCUT2D eigenvalue weighted by atomic mass is 16.7. The maximum absolute atomic E-state index is 12.5. The first-order chi connectivity index (χ1) is 13.3. The smallest absolute Gasteiger partial charge is 0.166 e. The topological polar surface area (TPSA) is 93.1 Å². The Bertz CT molecular complexity index is 722. The number of Topliss-reactive ketones (excluding diaryl/α,β-unsaturated/α-hetero) is 2. The molecule has 28 heavy (non-hydrogen) atoms. The van der Waals surface area contributed by atoms with Crippen LogP contribution in [-0.2, 0) is 19.1 Å². The van der Waals surface area contributed by atoms with Crippen LogP contribution >= 0.6 is 0 Å². The molecule has 5 rings (SSSR count). The van der Waals surface area contributed by atoms with Crippen molar-refractivity contribution in [3.8, 4) is 0 Å². The molecule has 0 aromatic heterocycles. The minimum atomic E-state index is -1.06. The van der Waals surface area contributed by atoms with Gasteiger partial charge in [-0.25, -0.2) is 0 Å². The molecule has 2 N–H and O–H groups in total. The number of carbonyl (C=O) groups excluding carboxylic acids is 2. The normalized spacial score (nSPS) is 54.8. The summed E-state index contributed by atoms with van der Waals surface area (Å²) in [5, 5.41) is 21.2. The van der Waals surface area contributed by atoms with E-state index < -0.39 is 29.5 Å². The maximum Gasteiger partial charge on any atom is 0.166 e. The SMILES string of the molecule is CO[C@H]1O[C@@]23CC[C@]4(O)CC(=O)CC[C@@]14[C@H]2CC[C@]1(C)[C@@H](C(=O)CO)CC[C@H]13. The Kier molecular flexibility index (Phi) is 4.02. The number of ether oxygens (including phenoxy) is 2. The third-order valence-electron chi connectivity index (χ3n) is 9.72. The maximum atomic E-state index is 12.5. The van der Waals surface area contributed by atoms with Crippen molar-refractivity contribution in [1.82, 2.24) is 0 Å². The van der Waals surface area contributed by atoms with E-state index in [-0.39, 0.29) is 41.2 Å². The molecule has 4 saturated carbocycles. The van der Waals surface area contributed by atoms with Crippen molar-refractivity contribution in [2.45, 2.75) is 82.2 Å². The highest BCUT2D eigenvalue weighted by Gasteiger charge is 2.79. The van der Waals surface area contributed by atoms with Gasteiger partial charge in [-0.3, -0.25) is 9.59 Å². The van der Waals surface area contributed by atoms with Gasteiger partial charge in [0.2, 0.25) is 0 Å². The molecule has 0 unspecified atom stereocenters. The predicted molar refractivity (Wildman–Crippen MR) is 99.2 cm³/mol. The van der Waals surface area contributed by atoms with Crippen LogP contribution in [-0.4, -0.2) is 53.0 Å². The Labute approximate surface area is 166 Å². The van der Waals surface area contributed by atoms with Gasteiger partial charge in [0.1, 0.15) is 12.4 Å². The van der Waals surface area contributed by atoms with Gasteiger partial charge < -0.3 is 19.7 Å². The summed E-state index contributed by atoms with van der Waals surface area (Å²) in [4.78, 5) is 24.7. The Balaban J connectivity index is 1.60. The summed E-state index contributed by atoms with van der Waals surface area (Å²) >= 11 is 0. The van der Waals surface area contributed by atoms with Crippen molar-refractivity contribution in [3.05, 3.63) is 0 Å². The fourth-order valence-electron chi connectivity index (χ4n) is 8.68. The fraction of sp³-hybridized carbons (Fsp3) is 0.909. The Morgan fingerprint density at radius 1 is 1.18 bits per heavy atom. The van der Waals surface area contributed by atoms with Crippen LogP contribution < -0.4 is 0 Å². The van der Waals surface area contributed by atoms with Crippen LogP contribution in [0.3, 0.4) is 0 Å². The molecular weight excluding hydrogens is 360 g/mol. The molecule has 0 amide bonds. The number of methoxy groups -OCH3 is 1. The van der Waals surface area contributed by atoms with Crippen LogP contribution in [0.25, 0.3) is 0 Å². The van der Waals surface area contributed by atoms with E-state index in [0.29, 0.717) is 25.7 Å². The summed E-state index contributed by atoms with van der Waals surface area (Å²) in [5.41, 5.74) is -2.17. The number of aliphatic hydroxyl groups is 2. The lowest BCUT2D eigenvalue weighted by Crippen LogP contribution is -2.67. The molecule has 6 nitrogen and oxygen atoms in total. The van der Waals surface area contributed by atoms with Crippen LogP contribution in [0.4, 0.5) is 0 Å². The van der Waals surface area contributed by atoms with Crippen LogP contribution in [0.1, 0.15) is 64.7 Å². The molecule has 156 valence electrons. The minimum absolute atomic E-state index is 0.0496. The molecule has 0 aromatic carbocycles. The van der Waals surface area contributed by atoms with Crippen LogP contribution in [0.5, 0.6) is 0 Å². The quantitative estimate of drug-likeness (QED) is 0.763. The molecule has 1 saturated heterocycles. The van der Waals surface area contributed by atoms with Crippen molar-refractivity contribution in [2.75, 3.05) is 13.7 Å². The van der Waals surface area contributed by atoms with Gasteiger partial charge >= 0.3 is 0 Å². The summed E-state index contributed by atoms with van der Waals surface area (Å²) in [6, 6.07) is 0. The predicted octanol–water partition coefficient (Wildman–Crippen LogP) is 2.00. The summed E-state index contributed by atoms with van der Waals surface area (Å²) in [5.74, 6) is 0.341. The summed E-state index contributed by atoms with van der Waals surface area (Å²) in [6.07, 6.45) is 5.54. The Hall–Kier alpha value is -0.820.